The van der Waals surface area contributed by atoms with E-state index in [-0.39, 0.29) is 16.6 Å². The molecular formula is C25H27ClN4O2S. The van der Waals surface area contributed by atoms with Gasteiger partial charge in [0.15, 0.2) is 10.9 Å². The Balaban J connectivity index is 1.82. The van der Waals surface area contributed by atoms with E-state index >= 15 is 0 Å². The van der Waals surface area contributed by atoms with Crippen LogP contribution in [0.1, 0.15) is 40.5 Å². The number of anilines is 1. The smallest absolute Gasteiger partial charge is 0.272 e. The molecule has 0 radical (unpaired) electrons. The van der Waals surface area contributed by atoms with Crippen LogP contribution in [0.15, 0.2) is 59.9 Å². The van der Waals surface area contributed by atoms with Gasteiger partial charge in [0, 0.05) is 17.9 Å². The average Bonchev–Trinajstić information content (AvgIpc) is 2.81. The minimum atomic E-state index is -0.820. The molecule has 6 nitrogen and oxygen atoms in total. The van der Waals surface area contributed by atoms with Crippen molar-refractivity contribution >= 4 is 40.9 Å². The highest BCUT2D eigenvalue weighted by molar-refractivity contribution is 7.99. The molecule has 2 aromatic carbocycles. The maximum atomic E-state index is 13.2. The van der Waals surface area contributed by atoms with Gasteiger partial charge in [0.1, 0.15) is 6.04 Å². The van der Waals surface area contributed by atoms with E-state index in [0.717, 1.165) is 28.9 Å². The molecule has 2 N–H and O–H groups in total. The van der Waals surface area contributed by atoms with E-state index in [1.54, 1.807) is 0 Å². The number of hydrogen-bond donors (Lipinski definition) is 2. The lowest BCUT2D eigenvalue weighted by Crippen LogP contribution is -2.45. The molecule has 0 aliphatic rings. The highest BCUT2D eigenvalue weighted by atomic mass is 35.5. The quantitative estimate of drug-likeness (QED) is 0.322. The Bertz CT molecular complexity index is 1120. The van der Waals surface area contributed by atoms with Gasteiger partial charge >= 0.3 is 0 Å². The zero-order valence-electron chi connectivity index (χ0n) is 18.9. The second kappa shape index (κ2) is 11.8. The van der Waals surface area contributed by atoms with Gasteiger partial charge in [-0.3, -0.25) is 9.59 Å². The number of aromatic nitrogens is 2. The maximum absolute atomic E-state index is 13.2. The van der Waals surface area contributed by atoms with Crippen LogP contribution in [-0.2, 0) is 11.2 Å². The van der Waals surface area contributed by atoms with E-state index in [2.05, 4.69) is 27.5 Å². The van der Waals surface area contributed by atoms with Crippen LogP contribution >= 0.6 is 23.4 Å². The van der Waals surface area contributed by atoms with E-state index in [1.165, 1.54) is 18.0 Å². The minimum absolute atomic E-state index is 0.0577. The number of halogens is 1. The summed E-state index contributed by atoms with van der Waals surface area (Å²) in [7, 11) is 0. The number of carbonyl (C=O) groups is 2. The molecular weight excluding hydrogens is 456 g/mol. The first-order valence-electron chi connectivity index (χ1n) is 10.8. The van der Waals surface area contributed by atoms with Crippen molar-refractivity contribution in [3.8, 4) is 0 Å². The Kier molecular flexibility index (Phi) is 8.86. The molecule has 0 bridgehead atoms. The summed E-state index contributed by atoms with van der Waals surface area (Å²) in [6, 6.07) is 14.4. The molecule has 1 atom stereocenters. The lowest BCUT2D eigenvalue weighted by Gasteiger charge is -2.19. The number of nitrogens with zero attached hydrogens (tertiary/aromatic N) is 2. The third kappa shape index (κ3) is 7.04. The first-order valence-corrected chi connectivity index (χ1v) is 12.1. The summed E-state index contributed by atoms with van der Waals surface area (Å²) in [5, 5.41) is 6.35. The van der Waals surface area contributed by atoms with Crippen molar-refractivity contribution < 1.29 is 9.59 Å². The summed E-state index contributed by atoms with van der Waals surface area (Å²) < 4.78 is 0. The topological polar surface area (TPSA) is 84.0 Å². The third-order valence-corrected chi connectivity index (χ3v) is 6.40. The second-order valence-corrected chi connectivity index (χ2v) is 9.17. The zero-order chi connectivity index (χ0) is 23.8. The van der Waals surface area contributed by atoms with E-state index in [0.29, 0.717) is 17.3 Å². The van der Waals surface area contributed by atoms with Gasteiger partial charge in [-0.15, -0.1) is 0 Å². The number of aryl methyl sites for hydroxylation is 2. The molecule has 0 aliphatic heterocycles. The van der Waals surface area contributed by atoms with Gasteiger partial charge in [0.25, 0.3) is 5.91 Å². The monoisotopic (exact) mass is 482 g/mol. The van der Waals surface area contributed by atoms with Crippen molar-refractivity contribution in [3.05, 3.63) is 82.1 Å². The number of carbonyl (C=O) groups excluding carboxylic acids is 2. The molecule has 0 aliphatic carbocycles. The summed E-state index contributed by atoms with van der Waals surface area (Å²) in [5.74, 6) is -0.00401. The summed E-state index contributed by atoms with van der Waals surface area (Å²) in [6.45, 7) is 6.05. The van der Waals surface area contributed by atoms with Gasteiger partial charge < -0.3 is 10.6 Å². The fourth-order valence-electron chi connectivity index (χ4n) is 3.11. The van der Waals surface area contributed by atoms with Gasteiger partial charge in [-0.25, -0.2) is 9.97 Å². The van der Waals surface area contributed by atoms with Crippen molar-refractivity contribution in [1.82, 2.24) is 15.3 Å². The van der Waals surface area contributed by atoms with Crippen LogP contribution in [0.5, 0.6) is 0 Å². The molecule has 3 rings (SSSR count). The van der Waals surface area contributed by atoms with Gasteiger partial charge in [0.2, 0.25) is 5.91 Å². The molecule has 0 saturated heterocycles. The van der Waals surface area contributed by atoms with E-state index < -0.39 is 11.9 Å². The predicted octanol–water partition coefficient (Wildman–Crippen LogP) is 5.23. The number of rotatable bonds is 9. The fourth-order valence-corrected chi connectivity index (χ4v) is 3.95. The first kappa shape index (κ1) is 24.7. The van der Waals surface area contributed by atoms with Crippen LogP contribution in [0.2, 0.25) is 5.02 Å². The van der Waals surface area contributed by atoms with Crippen LogP contribution in [0.4, 0.5) is 5.69 Å². The molecule has 1 aromatic heterocycles. The molecule has 8 heteroatoms. The van der Waals surface area contributed by atoms with E-state index in [9.17, 15) is 9.59 Å². The standard InChI is InChI=1S/C25H27ClN4O2S/c1-4-12-33-25-27-15-20(26)22(30-25)24(32)29-21(14-18-8-6-5-7-9-18)23(31)28-19-11-10-16(2)17(3)13-19/h5-11,13,15,21H,4,12,14H2,1-3H3,(H,28,31)(H,29,32)/t21-/m1/s1. The molecule has 3 aromatic rings. The van der Waals surface area contributed by atoms with Crippen molar-refractivity contribution in [1.29, 1.82) is 0 Å². The molecule has 0 unspecified atom stereocenters. The number of hydrogen-bond acceptors (Lipinski definition) is 5. The molecule has 33 heavy (non-hydrogen) atoms. The fraction of sp³-hybridized carbons (Fsp3) is 0.280. The highest BCUT2D eigenvalue weighted by Gasteiger charge is 2.24. The van der Waals surface area contributed by atoms with Crippen LogP contribution in [0.25, 0.3) is 0 Å². The first-order chi connectivity index (χ1) is 15.9. The lowest BCUT2D eigenvalue weighted by atomic mass is 10.0. The Labute approximate surface area is 203 Å². The minimum Gasteiger partial charge on any atom is -0.338 e. The average molecular weight is 483 g/mol. The molecule has 0 saturated carbocycles. The van der Waals surface area contributed by atoms with Crippen LogP contribution in [0, 0.1) is 13.8 Å². The largest absolute Gasteiger partial charge is 0.338 e. The Morgan fingerprint density at radius 2 is 1.85 bits per heavy atom. The van der Waals surface area contributed by atoms with E-state index in [1.807, 2.05) is 62.4 Å². The summed E-state index contributed by atoms with van der Waals surface area (Å²) in [6.07, 6.45) is 2.70. The number of amides is 2. The molecule has 172 valence electrons. The Hall–Kier alpha value is -2.90. The number of benzene rings is 2. The molecule has 2 amide bonds. The van der Waals surface area contributed by atoms with Crippen LogP contribution in [-0.4, -0.2) is 33.6 Å². The van der Waals surface area contributed by atoms with Gasteiger partial charge in [-0.05, 0) is 49.1 Å². The van der Waals surface area contributed by atoms with Crippen molar-refractivity contribution in [2.75, 3.05) is 11.1 Å². The molecule has 0 spiro atoms. The summed E-state index contributed by atoms with van der Waals surface area (Å²) >= 11 is 7.67. The predicted molar refractivity (Wildman–Crippen MR) is 134 cm³/mol. The van der Waals surface area contributed by atoms with Crippen molar-refractivity contribution in [2.24, 2.45) is 0 Å². The number of thioether (sulfide) groups is 1. The summed E-state index contributed by atoms with van der Waals surface area (Å²) in [4.78, 5) is 34.7. The SMILES string of the molecule is CCCSc1ncc(Cl)c(C(=O)N[C@H](Cc2ccccc2)C(=O)Nc2ccc(C)c(C)c2)n1. The lowest BCUT2D eigenvalue weighted by molar-refractivity contribution is -0.118. The van der Waals surface area contributed by atoms with E-state index in [4.69, 9.17) is 11.6 Å². The Morgan fingerprint density at radius 1 is 1.09 bits per heavy atom. The van der Waals surface area contributed by atoms with Gasteiger partial charge in [-0.1, -0.05) is 66.7 Å². The molecule has 1 heterocycles. The Morgan fingerprint density at radius 3 is 2.55 bits per heavy atom. The van der Waals surface area contributed by atoms with Crippen molar-refractivity contribution in [2.45, 2.75) is 44.8 Å². The normalized spacial score (nSPS) is 11.6. The van der Waals surface area contributed by atoms with Gasteiger partial charge in [-0.2, -0.15) is 0 Å². The third-order valence-electron chi connectivity index (χ3n) is 5.05. The van der Waals surface area contributed by atoms with Crippen LogP contribution < -0.4 is 10.6 Å². The summed E-state index contributed by atoms with van der Waals surface area (Å²) in [5.41, 5.74) is 3.86. The van der Waals surface area contributed by atoms with Crippen LogP contribution in [0.3, 0.4) is 0 Å². The zero-order valence-corrected chi connectivity index (χ0v) is 20.5. The van der Waals surface area contributed by atoms with Gasteiger partial charge in [0.05, 0.1) is 11.2 Å². The second-order valence-electron chi connectivity index (χ2n) is 7.70. The number of nitrogens with one attached hydrogen (secondary N) is 2. The highest BCUT2D eigenvalue weighted by Crippen LogP contribution is 2.20. The van der Waals surface area contributed by atoms with Crippen molar-refractivity contribution in [3.63, 3.8) is 0 Å². The molecule has 0 fully saturated rings. The maximum Gasteiger partial charge on any atom is 0.272 e.